The second kappa shape index (κ2) is 9.73. The van der Waals surface area contributed by atoms with Gasteiger partial charge < -0.3 is 10.1 Å². The van der Waals surface area contributed by atoms with E-state index in [1.165, 1.54) is 40.4 Å². The van der Waals surface area contributed by atoms with Crippen molar-refractivity contribution < 1.29 is 17.9 Å². The first-order valence-electron chi connectivity index (χ1n) is 10.9. The van der Waals surface area contributed by atoms with Crippen LogP contribution >= 0.6 is 11.6 Å². The summed E-state index contributed by atoms with van der Waals surface area (Å²) in [5.74, 6) is 0.00955. The molecule has 11 heteroatoms. The van der Waals surface area contributed by atoms with Gasteiger partial charge in [-0.1, -0.05) is 18.0 Å². The number of benzene rings is 2. The molecule has 34 heavy (non-hydrogen) atoms. The largest absolute Gasteiger partial charge is 0.495 e. The molecule has 1 amide bonds. The normalized spacial score (nSPS) is 17.0. The second-order valence-corrected chi connectivity index (χ2v) is 10.5. The van der Waals surface area contributed by atoms with Gasteiger partial charge >= 0.3 is 5.69 Å². The quantitative estimate of drug-likeness (QED) is 0.551. The SMILES string of the molecule is COc1ccc(NC(=O)Cn2c(=O)ncc3cc(S(=O)(=O)N4CCCC[C@H]4C)ccc32)cc1Cl. The van der Waals surface area contributed by atoms with Crippen molar-refractivity contribution in [2.24, 2.45) is 0 Å². The van der Waals surface area contributed by atoms with Crippen LogP contribution in [0.5, 0.6) is 5.75 Å². The van der Waals surface area contributed by atoms with E-state index in [4.69, 9.17) is 16.3 Å². The Morgan fingerprint density at radius 3 is 2.74 bits per heavy atom. The Morgan fingerprint density at radius 1 is 1.24 bits per heavy atom. The van der Waals surface area contributed by atoms with Crippen LogP contribution in [0.3, 0.4) is 0 Å². The molecule has 3 aromatic rings. The number of methoxy groups -OCH3 is 1. The molecular formula is C23H25ClN4O5S. The Hall–Kier alpha value is -2.95. The third-order valence-corrected chi connectivity index (χ3v) is 8.23. The van der Waals surface area contributed by atoms with Crippen molar-refractivity contribution in [3.8, 4) is 5.75 Å². The predicted octanol–water partition coefficient (Wildman–Crippen LogP) is 3.26. The number of aromatic nitrogens is 2. The van der Waals surface area contributed by atoms with Gasteiger partial charge in [-0.25, -0.2) is 18.2 Å². The summed E-state index contributed by atoms with van der Waals surface area (Å²) in [5.41, 5.74) is 0.241. The van der Waals surface area contributed by atoms with Gasteiger partial charge in [0.25, 0.3) is 0 Å². The fourth-order valence-corrected chi connectivity index (χ4v) is 6.14. The van der Waals surface area contributed by atoms with E-state index in [9.17, 15) is 18.0 Å². The number of fused-ring (bicyclic) bond motifs is 1. The summed E-state index contributed by atoms with van der Waals surface area (Å²) < 4.78 is 34.2. The summed E-state index contributed by atoms with van der Waals surface area (Å²) in [4.78, 5) is 29.0. The summed E-state index contributed by atoms with van der Waals surface area (Å²) in [6.45, 7) is 2.09. The molecule has 9 nitrogen and oxygen atoms in total. The molecule has 1 saturated heterocycles. The average Bonchev–Trinajstić information content (AvgIpc) is 2.81. The lowest BCUT2D eigenvalue weighted by atomic mass is 10.1. The van der Waals surface area contributed by atoms with Crippen LogP contribution in [0.2, 0.25) is 5.02 Å². The fraction of sp³-hybridized carbons (Fsp3) is 0.348. The molecule has 1 aliphatic rings. The minimum atomic E-state index is -3.68. The van der Waals surface area contributed by atoms with Crippen LogP contribution < -0.4 is 15.7 Å². The molecule has 2 aromatic carbocycles. The highest BCUT2D eigenvalue weighted by Gasteiger charge is 2.31. The molecule has 0 unspecified atom stereocenters. The van der Waals surface area contributed by atoms with Crippen LogP contribution in [0.25, 0.3) is 10.9 Å². The lowest BCUT2D eigenvalue weighted by Crippen LogP contribution is -2.41. The molecule has 1 aromatic heterocycles. The van der Waals surface area contributed by atoms with Gasteiger partial charge in [0.15, 0.2) is 0 Å². The number of nitrogens with one attached hydrogen (secondary N) is 1. The van der Waals surface area contributed by atoms with Gasteiger partial charge in [0.2, 0.25) is 15.9 Å². The molecule has 1 aliphatic heterocycles. The van der Waals surface area contributed by atoms with Crippen LogP contribution in [0.4, 0.5) is 5.69 Å². The Bertz CT molecular complexity index is 1410. The van der Waals surface area contributed by atoms with Crippen molar-refractivity contribution >= 4 is 44.1 Å². The van der Waals surface area contributed by atoms with E-state index < -0.39 is 21.6 Å². The monoisotopic (exact) mass is 504 g/mol. The zero-order valence-corrected chi connectivity index (χ0v) is 20.4. The minimum absolute atomic E-state index is 0.0725. The third-order valence-electron chi connectivity index (χ3n) is 5.92. The molecule has 0 radical (unpaired) electrons. The standard InChI is InChI=1S/C23H25ClN4O5S/c1-15-5-3-4-10-28(15)34(31,32)18-7-8-20-16(11-18)13-25-23(30)27(20)14-22(29)26-17-6-9-21(33-2)19(24)12-17/h6-9,11-13,15H,3-5,10,14H2,1-2H3,(H,26,29)/t15-/m1/s1. The average molecular weight is 505 g/mol. The molecule has 2 heterocycles. The minimum Gasteiger partial charge on any atom is -0.495 e. The van der Waals surface area contributed by atoms with Gasteiger partial charge in [0.1, 0.15) is 12.3 Å². The lowest BCUT2D eigenvalue weighted by molar-refractivity contribution is -0.116. The fourth-order valence-electron chi connectivity index (χ4n) is 4.15. The summed E-state index contributed by atoms with van der Waals surface area (Å²) in [7, 11) is -2.19. The van der Waals surface area contributed by atoms with E-state index in [1.807, 2.05) is 6.92 Å². The van der Waals surface area contributed by atoms with Crippen molar-refractivity contribution in [3.05, 3.63) is 58.1 Å². The first kappa shape index (κ1) is 24.2. The summed E-state index contributed by atoms with van der Waals surface area (Å²) in [5, 5.41) is 3.47. The van der Waals surface area contributed by atoms with Crippen molar-refractivity contribution in [2.45, 2.75) is 43.7 Å². The number of anilines is 1. The number of ether oxygens (including phenoxy) is 1. The van der Waals surface area contributed by atoms with Crippen LogP contribution in [-0.2, 0) is 21.4 Å². The van der Waals surface area contributed by atoms with Crippen LogP contribution in [0, 0.1) is 0 Å². The number of carbonyl (C=O) groups is 1. The highest BCUT2D eigenvalue weighted by molar-refractivity contribution is 7.89. The molecule has 1 atom stereocenters. The molecule has 180 valence electrons. The van der Waals surface area contributed by atoms with Gasteiger partial charge in [-0.3, -0.25) is 9.36 Å². The van der Waals surface area contributed by atoms with Gasteiger partial charge in [-0.15, -0.1) is 0 Å². The Labute approximate surface area is 202 Å². The van der Waals surface area contributed by atoms with Crippen molar-refractivity contribution in [1.29, 1.82) is 0 Å². The van der Waals surface area contributed by atoms with E-state index in [-0.39, 0.29) is 17.5 Å². The zero-order valence-electron chi connectivity index (χ0n) is 18.8. The van der Waals surface area contributed by atoms with E-state index in [0.29, 0.717) is 33.9 Å². The van der Waals surface area contributed by atoms with E-state index in [0.717, 1.165) is 19.3 Å². The number of sulfonamides is 1. The highest BCUT2D eigenvalue weighted by Crippen LogP contribution is 2.28. The first-order chi connectivity index (χ1) is 16.2. The zero-order chi connectivity index (χ0) is 24.5. The molecular weight excluding hydrogens is 480 g/mol. The predicted molar refractivity (Wildman–Crippen MR) is 130 cm³/mol. The van der Waals surface area contributed by atoms with E-state index >= 15 is 0 Å². The molecule has 1 fully saturated rings. The number of rotatable bonds is 6. The number of amides is 1. The van der Waals surface area contributed by atoms with Crippen molar-refractivity contribution in [3.63, 3.8) is 0 Å². The van der Waals surface area contributed by atoms with Crippen molar-refractivity contribution in [2.75, 3.05) is 19.0 Å². The van der Waals surface area contributed by atoms with Crippen LogP contribution in [0.1, 0.15) is 26.2 Å². The van der Waals surface area contributed by atoms with Gasteiger partial charge in [0.05, 0.1) is 22.5 Å². The Morgan fingerprint density at radius 2 is 2.03 bits per heavy atom. The van der Waals surface area contributed by atoms with E-state index in [2.05, 4.69) is 10.3 Å². The number of carbonyl (C=O) groups excluding carboxylic acids is 1. The second-order valence-electron chi connectivity index (χ2n) is 8.21. The Kier molecular flexibility index (Phi) is 6.92. The van der Waals surface area contributed by atoms with E-state index in [1.54, 1.807) is 18.2 Å². The maximum Gasteiger partial charge on any atom is 0.348 e. The van der Waals surface area contributed by atoms with Gasteiger partial charge in [0, 0.05) is 29.9 Å². The molecule has 1 N–H and O–H groups in total. The Balaban J connectivity index is 1.61. The maximum absolute atomic E-state index is 13.2. The van der Waals surface area contributed by atoms with Crippen LogP contribution in [0.15, 0.2) is 52.3 Å². The number of halogens is 1. The lowest BCUT2D eigenvalue weighted by Gasteiger charge is -2.32. The molecule has 4 rings (SSSR count). The molecule has 0 bridgehead atoms. The highest BCUT2D eigenvalue weighted by atomic mass is 35.5. The number of nitrogens with zero attached hydrogens (tertiary/aromatic N) is 3. The van der Waals surface area contributed by atoms with Crippen molar-refractivity contribution in [1.82, 2.24) is 13.9 Å². The number of piperidine rings is 1. The number of hydrogen-bond donors (Lipinski definition) is 1. The summed E-state index contributed by atoms with van der Waals surface area (Å²) in [6.07, 6.45) is 3.98. The van der Waals surface area contributed by atoms with Gasteiger partial charge in [-0.05, 0) is 56.2 Å². The molecule has 0 saturated carbocycles. The molecule has 0 aliphatic carbocycles. The summed E-state index contributed by atoms with van der Waals surface area (Å²) in [6, 6.07) is 9.22. The third kappa shape index (κ3) is 4.79. The number of hydrogen-bond acceptors (Lipinski definition) is 6. The smallest absolute Gasteiger partial charge is 0.348 e. The molecule has 0 spiro atoms. The summed E-state index contributed by atoms with van der Waals surface area (Å²) >= 11 is 6.10. The topological polar surface area (TPSA) is 111 Å². The van der Waals surface area contributed by atoms with Crippen LogP contribution in [-0.4, -0.2) is 47.9 Å². The maximum atomic E-state index is 13.2. The van der Waals surface area contributed by atoms with Gasteiger partial charge in [-0.2, -0.15) is 4.31 Å². The first-order valence-corrected chi connectivity index (χ1v) is 12.7.